The zero-order valence-electron chi connectivity index (χ0n) is 23.1. The maximum atomic E-state index is 13.6. The molecule has 0 aliphatic carbocycles. The molecule has 42 heavy (non-hydrogen) atoms. The van der Waals surface area contributed by atoms with Crippen molar-refractivity contribution in [3.8, 4) is 5.75 Å². The molecule has 1 heterocycles. The lowest BCUT2D eigenvalue weighted by Crippen LogP contribution is -2.32. The number of nitrogens with one attached hydrogen (secondary N) is 2. The van der Waals surface area contributed by atoms with Crippen molar-refractivity contribution >= 4 is 45.3 Å². The number of amides is 2. The van der Waals surface area contributed by atoms with E-state index in [4.69, 9.17) is 20.8 Å². The van der Waals surface area contributed by atoms with E-state index in [0.29, 0.717) is 16.5 Å². The molecule has 4 aromatic rings. The highest BCUT2D eigenvalue weighted by atomic mass is 35.5. The topological polar surface area (TPSA) is 130 Å². The average molecular weight is 609 g/mol. The van der Waals surface area contributed by atoms with Gasteiger partial charge in [0.2, 0.25) is 10.0 Å². The summed E-state index contributed by atoms with van der Waals surface area (Å²) in [5.74, 6) is -1.09. The first-order chi connectivity index (χ1) is 20.0. The van der Waals surface area contributed by atoms with Crippen molar-refractivity contribution in [2.24, 2.45) is 5.10 Å². The number of furan rings is 1. The number of hydrogen-bond donors (Lipinski definition) is 2. The third-order valence-corrected chi connectivity index (χ3v) is 8.17. The summed E-state index contributed by atoms with van der Waals surface area (Å²) in [7, 11) is -2.45. The molecule has 3 aromatic carbocycles. The van der Waals surface area contributed by atoms with Gasteiger partial charge >= 0.3 is 11.8 Å². The Morgan fingerprint density at radius 1 is 0.929 bits per heavy atom. The first-order valence-electron chi connectivity index (χ1n) is 12.7. The van der Waals surface area contributed by atoms with Crippen LogP contribution in [0.15, 0.2) is 93.3 Å². The van der Waals surface area contributed by atoms with Gasteiger partial charge in [0.15, 0.2) is 0 Å². The van der Waals surface area contributed by atoms with Gasteiger partial charge in [0, 0.05) is 11.6 Å². The van der Waals surface area contributed by atoms with Gasteiger partial charge in [0.05, 0.1) is 30.5 Å². The standard InChI is InChI=1S/C30H29ClN4O6S/c1-20-4-8-22(9-5-20)18-35(42(38,39)26-13-6-21(2)7-14-26)19-25-12-11-24(41-25)17-32-34-30(37)29(36)33-27-16-23(31)10-15-28(27)40-3/h4-17H,18-19H2,1-3H3,(H,33,36)(H,34,37)/b32-17+. The third kappa shape index (κ3) is 7.84. The molecular formula is C30H29ClN4O6S. The monoisotopic (exact) mass is 608 g/mol. The van der Waals surface area contributed by atoms with E-state index in [-0.39, 0.29) is 29.4 Å². The van der Waals surface area contributed by atoms with E-state index in [2.05, 4.69) is 15.8 Å². The first-order valence-corrected chi connectivity index (χ1v) is 14.6. The van der Waals surface area contributed by atoms with Crippen molar-refractivity contribution in [2.45, 2.75) is 31.8 Å². The van der Waals surface area contributed by atoms with Gasteiger partial charge in [0.25, 0.3) is 0 Å². The number of hydrazone groups is 1. The SMILES string of the molecule is COc1ccc(Cl)cc1NC(=O)C(=O)N/N=C/c1ccc(CN(Cc2ccc(C)cc2)S(=O)(=O)c2ccc(C)cc2)o1. The van der Waals surface area contributed by atoms with Gasteiger partial charge in [-0.2, -0.15) is 9.41 Å². The molecule has 0 fully saturated rings. The summed E-state index contributed by atoms with van der Waals surface area (Å²) in [6, 6.07) is 22.0. The highest BCUT2D eigenvalue weighted by Crippen LogP contribution is 2.27. The highest BCUT2D eigenvalue weighted by molar-refractivity contribution is 7.89. The van der Waals surface area contributed by atoms with Crippen molar-refractivity contribution in [3.05, 3.63) is 112 Å². The van der Waals surface area contributed by atoms with Crippen LogP contribution in [-0.4, -0.2) is 37.9 Å². The van der Waals surface area contributed by atoms with Crippen molar-refractivity contribution in [1.82, 2.24) is 9.73 Å². The second kappa shape index (κ2) is 13.5. The summed E-state index contributed by atoms with van der Waals surface area (Å²) in [6.07, 6.45) is 1.20. The molecule has 0 saturated carbocycles. The molecule has 0 aliphatic heterocycles. The number of anilines is 1. The molecule has 0 radical (unpaired) electrons. The summed E-state index contributed by atoms with van der Waals surface area (Å²) in [5.41, 5.74) is 5.17. The van der Waals surface area contributed by atoms with Crippen LogP contribution in [0.1, 0.15) is 28.2 Å². The Morgan fingerprint density at radius 3 is 2.26 bits per heavy atom. The molecule has 10 nitrogen and oxygen atoms in total. The quantitative estimate of drug-likeness (QED) is 0.147. The summed E-state index contributed by atoms with van der Waals surface area (Å²) in [4.78, 5) is 24.7. The number of aryl methyl sites for hydroxylation is 2. The molecule has 12 heteroatoms. The van der Waals surface area contributed by atoms with Gasteiger partial charge in [-0.3, -0.25) is 9.59 Å². The number of carbonyl (C=O) groups excluding carboxylic acids is 2. The fourth-order valence-corrected chi connectivity index (χ4v) is 5.43. The van der Waals surface area contributed by atoms with E-state index < -0.39 is 21.8 Å². The van der Waals surface area contributed by atoms with Crippen molar-refractivity contribution < 1.29 is 27.2 Å². The van der Waals surface area contributed by atoms with Crippen molar-refractivity contribution in [1.29, 1.82) is 0 Å². The van der Waals surface area contributed by atoms with E-state index in [1.807, 2.05) is 38.1 Å². The number of sulfonamides is 1. The Kier molecular flexibility index (Phi) is 9.79. The largest absolute Gasteiger partial charge is 0.495 e. The van der Waals surface area contributed by atoms with E-state index in [1.165, 1.54) is 23.7 Å². The highest BCUT2D eigenvalue weighted by Gasteiger charge is 2.26. The Morgan fingerprint density at radius 2 is 1.60 bits per heavy atom. The van der Waals surface area contributed by atoms with Gasteiger partial charge in [-0.05, 0) is 61.9 Å². The van der Waals surface area contributed by atoms with Crippen LogP contribution in [0.3, 0.4) is 0 Å². The minimum absolute atomic E-state index is 0.0475. The van der Waals surface area contributed by atoms with Gasteiger partial charge in [0.1, 0.15) is 17.3 Å². The van der Waals surface area contributed by atoms with Crippen LogP contribution in [0.2, 0.25) is 5.02 Å². The van der Waals surface area contributed by atoms with Crippen LogP contribution in [0, 0.1) is 13.8 Å². The van der Waals surface area contributed by atoms with Crippen LogP contribution in [0.25, 0.3) is 0 Å². The zero-order chi connectivity index (χ0) is 30.3. The van der Waals surface area contributed by atoms with Gasteiger partial charge in [-0.15, -0.1) is 0 Å². The van der Waals surface area contributed by atoms with E-state index in [1.54, 1.807) is 48.5 Å². The van der Waals surface area contributed by atoms with Crippen molar-refractivity contribution in [3.63, 3.8) is 0 Å². The Labute approximate surface area is 249 Å². The van der Waals surface area contributed by atoms with Crippen molar-refractivity contribution in [2.75, 3.05) is 12.4 Å². The Balaban J connectivity index is 1.44. The van der Waals surface area contributed by atoms with Crippen LogP contribution < -0.4 is 15.5 Å². The van der Waals surface area contributed by atoms with E-state index in [0.717, 1.165) is 16.7 Å². The van der Waals surface area contributed by atoms with Gasteiger partial charge < -0.3 is 14.5 Å². The minimum Gasteiger partial charge on any atom is -0.495 e. The number of nitrogens with zero attached hydrogens (tertiary/aromatic N) is 2. The summed E-state index contributed by atoms with van der Waals surface area (Å²) in [6.45, 7) is 3.93. The number of benzene rings is 3. The van der Waals surface area contributed by atoms with E-state index in [9.17, 15) is 18.0 Å². The zero-order valence-corrected chi connectivity index (χ0v) is 24.7. The smallest absolute Gasteiger partial charge is 0.329 e. The molecular weight excluding hydrogens is 580 g/mol. The molecule has 1 aromatic heterocycles. The van der Waals surface area contributed by atoms with Crippen LogP contribution in [0.5, 0.6) is 5.75 Å². The molecule has 2 N–H and O–H groups in total. The van der Waals surface area contributed by atoms with Crippen LogP contribution in [-0.2, 0) is 32.7 Å². The second-order valence-electron chi connectivity index (χ2n) is 9.37. The third-order valence-electron chi connectivity index (χ3n) is 6.13. The molecule has 2 amide bonds. The average Bonchev–Trinajstić information content (AvgIpc) is 3.41. The Bertz CT molecular complexity index is 1700. The molecule has 218 valence electrons. The lowest BCUT2D eigenvalue weighted by molar-refractivity contribution is -0.136. The minimum atomic E-state index is -3.87. The molecule has 4 rings (SSSR count). The molecule has 0 bridgehead atoms. The number of halogens is 1. The fraction of sp³-hybridized carbons (Fsp3) is 0.167. The number of ether oxygens (including phenoxy) is 1. The van der Waals surface area contributed by atoms with E-state index >= 15 is 0 Å². The first kappa shape index (κ1) is 30.5. The molecule has 0 aliphatic rings. The number of carbonyl (C=O) groups is 2. The summed E-state index contributed by atoms with van der Waals surface area (Å²) < 4.78 is 39.4. The number of rotatable bonds is 10. The second-order valence-corrected chi connectivity index (χ2v) is 11.7. The van der Waals surface area contributed by atoms with Crippen LogP contribution in [0.4, 0.5) is 5.69 Å². The fourth-order valence-electron chi connectivity index (χ4n) is 3.87. The normalized spacial score (nSPS) is 11.5. The molecule has 0 unspecified atom stereocenters. The summed E-state index contributed by atoms with van der Waals surface area (Å²) in [5, 5.41) is 6.53. The summed E-state index contributed by atoms with van der Waals surface area (Å²) >= 11 is 5.95. The predicted molar refractivity (Wildman–Crippen MR) is 160 cm³/mol. The van der Waals surface area contributed by atoms with Gasteiger partial charge in [-0.1, -0.05) is 59.1 Å². The maximum absolute atomic E-state index is 13.6. The van der Waals surface area contributed by atoms with Gasteiger partial charge in [-0.25, -0.2) is 13.8 Å². The maximum Gasteiger partial charge on any atom is 0.329 e. The number of hydrogen-bond acceptors (Lipinski definition) is 7. The van der Waals surface area contributed by atoms with Crippen LogP contribution >= 0.6 is 11.6 Å². The number of methoxy groups -OCH3 is 1. The molecule has 0 atom stereocenters. The molecule has 0 saturated heterocycles. The predicted octanol–water partition coefficient (Wildman–Crippen LogP) is 5.04. The lowest BCUT2D eigenvalue weighted by Gasteiger charge is -2.21. The lowest BCUT2D eigenvalue weighted by atomic mass is 10.1. The molecule has 0 spiro atoms. The Hall–Kier alpha value is -4.45.